The van der Waals surface area contributed by atoms with Crippen LogP contribution in [0.2, 0.25) is 0 Å². The zero-order chi connectivity index (χ0) is 17.3. The summed E-state index contributed by atoms with van der Waals surface area (Å²) in [6.07, 6.45) is 12.6. The Balaban J connectivity index is 1.75. The van der Waals surface area contributed by atoms with Crippen LogP contribution in [0.25, 0.3) is 0 Å². The first-order valence-corrected chi connectivity index (χ1v) is 9.41. The number of aliphatic hydroxyl groups is 2. The van der Waals surface area contributed by atoms with Crippen molar-refractivity contribution in [2.24, 2.45) is 29.1 Å². The molecule has 3 saturated carbocycles. The molecule has 0 saturated heterocycles. The minimum absolute atomic E-state index is 0.156. The van der Waals surface area contributed by atoms with Gasteiger partial charge in [0.05, 0.1) is 5.60 Å². The summed E-state index contributed by atoms with van der Waals surface area (Å²) in [5.41, 5.74) is -1.12. The van der Waals surface area contributed by atoms with E-state index in [1.807, 2.05) is 0 Å². The van der Waals surface area contributed by atoms with Gasteiger partial charge >= 0.3 is 0 Å². The Morgan fingerprint density at radius 2 is 1.92 bits per heavy atom. The van der Waals surface area contributed by atoms with Crippen LogP contribution in [0.4, 0.5) is 0 Å². The van der Waals surface area contributed by atoms with Crippen LogP contribution in [0.5, 0.6) is 0 Å². The van der Waals surface area contributed by atoms with E-state index in [-0.39, 0.29) is 17.1 Å². The van der Waals surface area contributed by atoms with Gasteiger partial charge in [-0.3, -0.25) is 4.79 Å². The van der Waals surface area contributed by atoms with E-state index < -0.39 is 11.2 Å². The van der Waals surface area contributed by atoms with Crippen LogP contribution in [0.1, 0.15) is 58.8 Å². The van der Waals surface area contributed by atoms with Crippen molar-refractivity contribution >= 4 is 5.78 Å². The van der Waals surface area contributed by atoms with Gasteiger partial charge in [-0.15, -0.1) is 6.42 Å². The monoisotopic (exact) mass is 328 g/mol. The number of terminal acetylenes is 1. The third-order valence-electron chi connectivity index (χ3n) is 8.18. The lowest BCUT2D eigenvalue weighted by molar-refractivity contribution is -0.148. The topological polar surface area (TPSA) is 57.5 Å². The predicted octanol–water partition coefficient (Wildman–Crippen LogP) is 2.85. The second-order valence-corrected chi connectivity index (χ2v) is 9.03. The Hall–Kier alpha value is -1.11. The molecule has 4 rings (SSSR count). The molecule has 4 aliphatic carbocycles. The molecule has 7 atom stereocenters. The van der Waals surface area contributed by atoms with Gasteiger partial charge in [0.2, 0.25) is 0 Å². The van der Waals surface area contributed by atoms with E-state index >= 15 is 0 Å². The standard InChI is InChI=1S/C21H28O3/c1-4-20(23)9-7-16-18-13(2)11-14-12-15(22)5-10-21(14,24)17(18)6-8-19(16,20)3/h1,12-13,16-18,23-24H,5-11H2,2-3H3/t13-,16+,17+,18?,19+,20+,21-/m1/s1. The van der Waals surface area contributed by atoms with E-state index in [9.17, 15) is 15.0 Å². The van der Waals surface area contributed by atoms with Crippen LogP contribution >= 0.6 is 0 Å². The molecule has 0 spiro atoms. The van der Waals surface area contributed by atoms with Crippen LogP contribution < -0.4 is 0 Å². The third kappa shape index (κ3) is 1.85. The summed E-state index contributed by atoms with van der Waals surface area (Å²) < 4.78 is 0. The molecule has 3 nitrogen and oxygen atoms in total. The number of carbonyl (C=O) groups excluding carboxylic acids is 1. The molecule has 0 bridgehead atoms. The summed E-state index contributed by atoms with van der Waals surface area (Å²) in [4.78, 5) is 11.8. The maximum atomic E-state index is 11.8. The van der Waals surface area contributed by atoms with Gasteiger partial charge in [-0.25, -0.2) is 0 Å². The van der Waals surface area contributed by atoms with Crippen molar-refractivity contribution in [1.29, 1.82) is 0 Å². The molecule has 0 aromatic carbocycles. The molecule has 0 aromatic rings. The molecule has 4 aliphatic rings. The van der Waals surface area contributed by atoms with Gasteiger partial charge in [-0.1, -0.05) is 19.8 Å². The lowest BCUT2D eigenvalue weighted by Gasteiger charge is -2.59. The van der Waals surface area contributed by atoms with Gasteiger partial charge in [0.15, 0.2) is 5.78 Å². The maximum Gasteiger partial charge on any atom is 0.155 e. The van der Waals surface area contributed by atoms with Crippen molar-refractivity contribution in [3.05, 3.63) is 11.6 Å². The van der Waals surface area contributed by atoms with Crippen LogP contribution in [-0.4, -0.2) is 27.2 Å². The Morgan fingerprint density at radius 3 is 2.62 bits per heavy atom. The molecule has 3 fully saturated rings. The molecule has 24 heavy (non-hydrogen) atoms. The van der Waals surface area contributed by atoms with Crippen molar-refractivity contribution in [3.8, 4) is 12.3 Å². The summed E-state index contributed by atoms with van der Waals surface area (Å²) in [6.45, 7) is 4.41. The molecule has 0 radical (unpaired) electrons. The number of rotatable bonds is 0. The number of ketones is 1. The second kappa shape index (κ2) is 4.96. The molecule has 0 aliphatic heterocycles. The van der Waals surface area contributed by atoms with Gasteiger partial charge in [-0.2, -0.15) is 0 Å². The fourth-order valence-corrected chi connectivity index (χ4v) is 6.81. The number of fused-ring (bicyclic) bond motifs is 5. The highest BCUT2D eigenvalue weighted by Gasteiger charge is 2.65. The van der Waals surface area contributed by atoms with Crippen LogP contribution in [0.15, 0.2) is 11.6 Å². The van der Waals surface area contributed by atoms with Crippen molar-refractivity contribution < 1.29 is 15.0 Å². The van der Waals surface area contributed by atoms with E-state index in [0.29, 0.717) is 37.0 Å². The van der Waals surface area contributed by atoms with Crippen LogP contribution in [0, 0.1) is 41.4 Å². The average Bonchev–Trinajstić information content (AvgIpc) is 2.82. The van der Waals surface area contributed by atoms with Gasteiger partial charge in [-0.05, 0) is 73.8 Å². The predicted molar refractivity (Wildman–Crippen MR) is 91.9 cm³/mol. The van der Waals surface area contributed by atoms with Crippen LogP contribution in [-0.2, 0) is 4.79 Å². The minimum Gasteiger partial charge on any atom is -0.385 e. The van der Waals surface area contributed by atoms with Crippen LogP contribution in [0.3, 0.4) is 0 Å². The Morgan fingerprint density at radius 1 is 1.21 bits per heavy atom. The zero-order valence-corrected chi connectivity index (χ0v) is 14.7. The quantitative estimate of drug-likeness (QED) is 0.672. The molecule has 0 aromatic heterocycles. The molecule has 3 heteroatoms. The van der Waals surface area contributed by atoms with Crippen molar-refractivity contribution in [2.45, 2.75) is 70.0 Å². The summed E-state index contributed by atoms with van der Waals surface area (Å²) in [6, 6.07) is 0. The highest BCUT2D eigenvalue weighted by molar-refractivity contribution is 5.92. The summed E-state index contributed by atoms with van der Waals surface area (Å²) in [5, 5.41) is 22.5. The lowest BCUT2D eigenvalue weighted by atomic mass is 9.47. The van der Waals surface area contributed by atoms with Crippen molar-refractivity contribution in [2.75, 3.05) is 0 Å². The molecule has 130 valence electrons. The molecule has 0 amide bonds. The summed E-state index contributed by atoms with van der Waals surface area (Å²) in [7, 11) is 0. The number of hydrogen-bond acceptors (Lipinski definition) is 3. The van der Waals surface area contributed by atoms with Crippen molar-refractivity contribution in [3.63, 3.8) is 0 Å². The maximum absolute atomic E-state index is 11.8. The first-order chi connectivity index (χ1) is 11.2. The van der Waals surface area contributed by atoms with E-state index in [4.69, 9.17) is 6.42 Å². The van der Waals surface area contributed by atoms with E-state index in [1.165, 1.54) is 0 Å². The van der Waals surface area contributed by atoms with Crippen molar-refractivity contribution in [1.82, 2.24) is 0 Å². The minimum atomic E-state index is -1.01. The Bertz CT molecular complexity index is 658. The first-order valence-electron chi connectivity index (χ1n) is 9.41. The highest BCUT2D eigenvalue weighted by Crippen LogP contribution is 2.66. The number of carbonyl (C=O) groups is 1. The SMILES string of the molecule is C#C[C@]1(O)CC[C@H]2C3[C@H](C)CC4=CC(=O)CC[C@]4(O)[C@H]3CC[C@@]21C. The summed E-state index contributed by atoms with van der Waals surface area (Å²) >= 11 is 0. The average molecular weight is 328 g/mol. The Labute approximate surface area is 144 Å². The second-order valence-electron chi connectivity index (χ2n) is 9.03. The lowest BCUT2D eigenvalue weighted by Crippen LogP contribution is -2.59. The van der Waals surface area contributed by atoms with E-state index in [0.717, 1.165) is 31.3 Å². The molecule has 2 N–H and O–H groups in total. The summed E-state index contributed by atoms with van der Waals surface area (Å²) in [5.74, 6) is 4.20. The van der Waals surface area contributed by atoms with Gasteiger partial charge < -0.3 is 10.2 Å². The van der Waals surface area contributed by atoms with Gasteiger partial charge in [0.1, 0.15) is 5.60 Å². The fourth-order valence-electron chi connectivity index (χ4n) is 6.81. The normalized spacial score (nSPS) is 53.5. The third-order valence-corrected chi connectivity index (χ3v) is 8.18. The molecule has 1 unspecified atom stereocenters. The van der Waals surface area contributed by atoms with E-state index in [1.54, 1.807) is 6.08 Å². The molecule has 0 heterocycles. The fraction of sp³-hybridized carbons (Fsp3) is 0.762. The van der Waals surface area contributed by atoms with Gasteiger partial charge in [0.25, 0.3) is 0 Å². The zero-order valence-electron chi connectivity index (χ0n) is 14.7. The smallest absolute Gasteiger partial charge is 0.155 e. The molecular weight excluding hydrogens is 300 g/mol. The number of hydrogen-bond donors (Lipinski definition) is 2. The van der Waals surface area contributed by atoms with E-state index in [2.05, 4.69) is 19.8 Å². The molecular formula is C21H28O3. The Kier molecular flexibility index (Phi) is 3.38. The first kappa shape index (κ1) is 16.4. The van der Waals surface area contributed by atoms with Gasteiger partial charge in [0, 0.05) is 11.8 Å². The largest absolute Gasteiger partial charge is 0.385 e. The highest BCUT2D eigenvalue weighted by atomic mass is 16.3.